The molecule has 0 aromatic rings. The number of carbonyl (C=O) groups is 3. The van der Waals surface area contributed by atoms with E-state index in [1.807, 2.05) is 0 Å². The number of fused-ring (bicyclic) bond motifs is 3. The van der Waals surface area contributed by atoms with E-state index >= 15 is 0 Å². The summed E-state index contributed by atoms with van der Waals surface area (Å²) in [6, 6.07) is 0. The number of hydrogen-bond donors (Lipinski definition) is 8. The average Bonchev–Trinajstić information content (AvgIpc) is 2.98. The quantitative estimate of drug-likeness (QED) is 0.124. The highest BCUT2D eigenvalue weighted by molar-refractivity contribution is 5.84. The molecule has 44 heavy (non-hydrogen) atoms. The summed E-state index contributed by atoms with van der Waals surface area (Å²) in [6.07, 6.45) is -11.0. The van der Waals surface area contributed by atoms with Crippen molar-refractivity contribution in [3.63, 3.8) is 0 Å². The van der Waals surface area contributed by atoms with Crippen molar-refractivity contribution in [3.8, 4) is 0 Å². The van der Waals surface area contributed by atoms with Gasteiger partial charge in [-0.25, -0.2) is 0 Å². The van der Waals surface area contributed by atoms with E-state index < -0.39 is 73.4 Å². The van der Waals surface area contributed by atoms with Crippen LogP contribution in [0.3, 0.4) is 0 Å². The zero-order chi connectivity index (χ0) is 32.2. The maximum absolute atomic E-state index is 12.7. The summed E-state index contributed by atoms with van der Waals surface area (Å²) in [5, 5.41) is 60.4. The molecule has 3 saturated heterocycles. The van der Waals surface area contributed by atoms with Gasteiger partial charge < -0.3 is 65.2 Å². The first-order valence-electron chi connectivity index (χ1n) is 15.1. The third kappa shape index (κ3) is 10.8. The summed E-state index contributed by atoms with van der Waals surface area (Å²) in [5.41, 5.74) is 0. The number of aliphatic hydroxyl groups is 5. The Morgan fingerprint density at radius 1 is 0.795 bits per heavy atom. The van der Waals surface area contributed by atoms with E-state index in [1.165, 1.54) is 11.8 Å². The Labute approximate surface area is 256 Å². The second kappa shape index (κ2) is 18.2. The van der Waals surface area contributed by atoms with Crippen molar-refractivity contribution in [2.45, 2.75) is 101 Å². The number of aliphatic hydroxyl groups excluding tert-OH is 5. The van der Waals surface area contributed by atoms with Gasteiger partial charge in [-0.1, -0.05) is 26.2 Å². The Bertz CT molecular complexity index is 917. The topological polar surface area (TPSA) is 238 Å². The summed E-state index contributed by atoms with van der Waals surface area (Å²) < 4.78 is 28.1. The van der Waals surface area contributed by atoms with Crippen LogP contribution in [0.25, 0.3) is 0 Å². The lowest BCUT2D eigenvalue weighted by Gasteiger charge is -2.45. The van der Waals surface area contributed by atoms with E-state index in [1.54, 1.807) is 0 Å². The number of unbranched alkanes of at least 4 members (excludes halogenated alkanes) is 3. The zero-order valence-corrected chi connectivity index (χ0v) is 25.2. The van der Waals surface area contributed by atoms with Crippen molar-refractivity contribution >= 4 is 17.7 Å². The van der Waals surface area contributed by atoms with Crippen molar-refractivity contribution < 1.29 is 63.6 Å². The lowest BCUT2D eigenvalue weighted by molar-refractivity contribution is -0.387. The number of nitrogens with one attached hydrogen (secondary N) is 3. The Hall–Kier alpha value is -2.03. The molecule has 0 unspecified atom stereocenters. The molecule has 3 amide bonds. The van der Waals surface area contributed by atoms with Crippen LogP contribution in [-0.2, 0) is 38.1 Å². The fraction of sp³-hybridized carbons (Fsp3) is 0.889. The Kier molecular flexibility index (Phi) is 15.1. The minimum absolute atomic E-state index is 0.0223. The van der Waals surface area contributed by atoms with E-state index in [0.717, 1.165) is 25.7 Å². The third-order valence-corrected chi connectivity index (χ3v) is 7.47. The van der Waals surface area contributed by atoms with E-state index in [9.17, 15) is 39.9 Å². The maximum atomic E-state index is 12.7. The van der Waals surface area contributed by atoms with E-state index in [0.29, 0.717) is 6.54 Å². The summed E-state index contributed by atoms with van der Waals surface area (Å²) in [4.78, 5) is 39.2. The summed E-state index contributed by atoms with van der Waals surface area (Å²) in [7, 11) is 0. The molecule has 3 rings (SSSR count). The highest BCUT2D eigenvalue weighted by Crippen LogP contribution is 2.29. The minimum Gasteiger partial charge on any atom is -0.388 e. The van der Waals surface area contributed by atoms with Crippen molar-refractivity contribution in [3.05, 3.63) is 0 Å². The van der Waals surface area contributed by atoms with Gasteiger partial charge in [0.1, 0.15) is 36.6 Å². The second-order valence-electron chi connectivity index (χ2n) is 11.1. The first kappa shape index (κ1) is 36.4. The average molecular weight is 637 g/mol. The fourth-order valence-electron chi connectivity index (χ4n) is 4.96. The van der Waals surface area contributed by atoms with E-state index in [4.69, 9.17) is 23.7 Å². The smallest absolute Gasteiger partial charge is 0.234 e. The first-order chi connectivity index (χ1) is 21.0. The standard InChI is InChI=1S/C27H48N4O13/c1-3-4-5-6-7-28-16(32)12-31-13-17(33)29-8-10-40-25-22(38)20(36)23(39)26(44-25)43-24-21(37)19(35)15(2)42-27(24)41-11-9-30-18(34)14-31/h15,19-27,35-39H,3-14H2,1-2H3,(H,28,32)(H,29,33)(H,30,34)/t15-,19+,20-,21+,22-,23-,24-,25+,26+,27+/m0/s1. The van der Waals surface area contributed by atoms with Gasteiger partial charge >= 0.3 is 0 Å². The fourth-order valence-corrected chi connectivity index (χ4v) is 4.96. The molecule has 254 valence electrons. The molecule has 8 N–H and O–H groups in total. The molecular weight excluding hydrogens is 588 g/mol. The normalized spacial score (nSPS) is 37.0. The molecule has 3 heterocycles. The maximum Gasteiger partial charge on any atom is 0.234 e. The van der Waals surface area contributed by atoms with Crippen LogP contribution in [0, 0.1) is 0 Å². The van der Waals surface area contributed by atoms with Crippen molar-refractivity contribution in [1.82, 2.24) is 20.9 Å². The number of nitrogens with zero attached hydrogens (tertiary/aromatic N) is 1. The molecule has 0 spiro atoms. The molecule has 0 saturated carbocycles. The molecule has 0 aromatic carbocycles. The molecule has 0 aromatic heterocycles. The van der Waals surface area contributed by atoms with Crippen LogP contribution in [0.4, 0.5) is 0 Å². The molecule has 2 bridgehead atoms. The molecule has 3 fully saturated rings. The van der Waals surface area contributed by atoms with E-state index in [-0.39, 0.29) is 51.8 Å². The first-order valence-corrected chi connectivity index (χ1v) is 15.1. The molecule has 0 radical (unpaired) electrons. The largest absolute Gasteiger partial charge is 0.388 e. The van der Waals surface area contributed by atoms with E-state index in [2.05, 4.69) is 22.9 Å². The predicted octanol–water partition coefficient (Wildman–Crippen LogP) is -4.12. The van der Waals surface area contributed by atoms with Gasteiger partial charge in [0.15, 0.2) is 18.9 Å². The SMILES string of the molecule is CCCCCCNC(=O)CN1CC(=O)NCCO[C@@H]2O[C@@H](O[C@@H]3[C@H](OCCNC(=O)C1)O[C@@H](C)[C@@H](O)[C@H]3O)[C@@H](O)[C@@H](O)[C@@H]2O. The number of rotatable bonds is 7. The monoisotopic (exact) mass is 636 g/mol. The summed E-state index contributed by atoms with van der Waals surface area (Å²) in [6.45, 7) is 2.93. The molecule has 3 aliphatic rings. The minimum atomic E-state index is -1.78. The van der Waals surface area contributed by atoms with Gasteiger partial charge in [0, 0.05) is 19.6 Å². The number of ether oxygens (including phenoxy) is 5. The Morgan fingerprint density at radius 2 is 1.41 bits per heavy atom. The molecule has 17 heteroatoms. The number of amides is 3. The lowest BCUT2D eigenvalue weighted by Crippen LogP contribution is -2.64. The molecular formula is C27H48N4O13. The van der Waals surface area contributed by atoms with Crippen molar-refractivity contribution in [1.29, 1.82) is 0 Å². The molecule has 10 atom stereocenters. The zero-order valence-electron chi connectivity index (χ0n) is 25.2. The molecule has 3 aliphatic heterocycles. The highest BCUT2D eigenvalue weighted by atomic mass is 16.8. The van der Waals surface area contributed by atoms with Gasteiger partial charge in [0.2, 0.25) is 17.7 Å². The Morgan fingerprint density at radius 3 is 2.05 bits per heavy atom. The lowest BCUT2D eigenvalue weighted by atomic mass is 9.99. The number of hydrogen-bond acceptors (Lipinski definition) is 14. The highest BCUT2D eigenvalue weighted by Gasteiger charge is 2.50. The van der Waals surface area contributed by atoms with Gasteiger partial charge in [-0.15, -0.1) is 0 Å². The van der Waals surface area contributed by atoms with Crippen LogP contribution in [0.15, 0.2) is 0 Å². The predicted molar refractivity (Wildman–Crippen MR) is 149 cm³/mol. The van der Waals surface area contributed by atoms with Gasteiger partial charge in [-0.3, -0.25) is 19.3 Å². The van der Waals surface area contributed by atoms with Gasteiger partial charge in [-0.05, 0) is 13.3 Å². The molecule has 17 nitrogen and oxygen atoms in total. The van der Waals surface area contributed by atoms with Crippen LogP contribution >= 0.6 is 0 Å². The van der Waals surface area contributed by atoms with Crippen LogP contribution < -0.4 is 16.0 Å². The van der Waals surface area contributed by atoms with Crippen molar-refractivity contribution in [2.75, 3.05) is 52.5 Å². The van der Waals surface area contributed by atoms with Gasteiger partial charge in [0.25, 0.3) is 0 Å². The van der Waals surface area contributed by atoms with Crippen LogP contribution in [-0.4, -0.2) is 162 Å². The van der Waals surface area contributed by atoms with Gasteiger partial charge in [-0.2, -0.15) is 0 Å². The number of carbonyl (C=O) groups excluding carboxylic acids is 3. The third-order valence-electron chi connectivity index (χ3n) is 7.47. The van der Waals surface area contributed by atoms with Crippen LogP contribution in [0.5, 0.6) is 0 Å². The summed E-state index contributed by atoms with van der Waals surface area (Å²) in [5.74, 6) is -1.31. The molecule has 0 aliphatic carbocycles. The Balaban J connectivity index is 1.70. The second-order valence-corrected chi connectivity index (χ2v) is 11.1. The van der Waals surface area contributed by atoms with Crippen LogP contribution in [0.1, 0.15) is 39.5 Å². The van der Waals surface area contributed by atoms with Crippen molar-refractivity contribution in [2.24, 2.45) is 0 Å². The van der Waals surface area contributed by atoms with Crippen LogP contribution in [0.2, 0.25) is 0 Å². The summed E-state index contributed by atoms with van der Waals surface area (Å²) >= 11 is 0. The van der Waals surface area contributed by atoms with Gasteiger partial charge in [0.05, 0.1) is 39.0 Å².